The van der Waals surface area contributed by atoms with Crippen LogP contribution in [0.5, 0.6) is 0 Å². The summed E-state index contributed by atoms with van der Waals surface area (Å²) in [4.78, 5) is 2.50. The van der Waals surface area contributed by atoms with E-state index in [0.29, 0.717) is 0 Å². The van der Waals surface area contributed by atoms with E-state index < -0.39 is 0 Å². The third kappa shape index (κ3) is 5.16. The molecule has 1 unspecified atom stereocenters. The van der Waals surface area contributed by atoms with Crippen LogP contribution in [0.15, 0.2) is 206 Å². The van der Waals surface area contributed by atoms with Gasteiger partial charge in [0.05, 0.1) is 6.04 Å². The number of benzene rings is 10. The quantitative estimate of drug-likeness (QED) is 0.128. The van der Waals surface area contributed by atoms with Gasteiger partial charge in [-0.3, -0.25) is 0 Å². The highest BCUT2D eigenvalue weighted by Gasteiger charge is 2.22. The Morgan fingerprint density at radius 2 is 0.836 bits per heavy atom. The minimum absolute atomic E-state index is 0.222. The lowest BCUT2D eigenvalue weighted by Gasteiger charge is -2.33. The van der Waals surface area contributed by atoms with Gasteiger partial charge in [-0.2, -0.15) is 0 Å². The smallest absolute Gasteiger partial charge is 0.0559 e. The molecule has 0 bridgehead atoms. The summed E-state index contributed by atoms with van der Waals surface area (Å²) < 4.78 is 0. The molecule has 55 heavy (non-hydrogen) atoms. The molecule has 1 heteroatoms. The largest absolute Gasteiger partial charge is 0.334 e. The highest BCUT2D eigenvalue weighted by molar-refractivity contribution is 6.32. The first-order chi connectivity index (χ1) is 27.3. The lowest BCUT2D eigenvalue weighted by atomic mass is 9.83. The molecule has 0 spiro atoms. The first-order valence-electron chi connectivity index (χ1n) is 19.3. The molecule has 10 aromatic rings. The van der Waals surface area contributed by atoms with E-state index in [4.69, 9.17) is 0 Å². The molecule has 1 aliphatic carbocycles. The highest BCUT2D eigenvalue weighted by atomic mass is 15.2. The summed E-state index contributed by atoms with van der Waals surface area (Å²) in [5.74, 6) is 0. The molecule has 1 atom stereocenters. The van der Waals surface area contributed by atoms with Crippen LogP contribution >= 0.6 is 0 Å². The van der Waals surface area contributed by atoms with E-state index in [9.17, 15) is 0 Å². The summed E-state index contributed by atoms with van der Waals surface area (Å²) in [7, 11) is 0. The lowest BCUT2D eigenvalue weighted by molar-refractivity contribution is 0.785. The van der Waals surface area contributed by atoms with E-state index >= 15 is 0 Å². The molecule has 1 nitrogen and oxygen atoms in total. The molecule has 0 amide bonds. The molecule has 1 aliphatic rings. The Hall–Kier alpha value is -6.96. The first kappa shape index (κ1) is 31.6. The fraction of sp³-hybridized carbons (Fsp3) is 0.0370. The van der Waals surface area contributed by atoms with Crippen LogP contribution in [0.3, 0.4) is 0 Å². The molecule has 0 fully saturated rings. The molecule has 0 N–H and O–H groups in total. The van der Waals surface area contributed by atoms with Crippen molar-refractivity contribution in [3.05, 3.63) is 206 Å². The Labute approximate surface area is 320 Å². The number of anilines is 2. The SMILES string of the molecule is C1=CCC(N(c2ccccc2)c2ccc3c(c2)c2cc4ccccc4cc2c2cc4c(-c5ccccc5)c5ccccc5c(-c5ccccc5)c4cc32)C=C1. The summed E-state index contributed by atoms with van der Waals surface area (Å²) in [5, 5.41) is 15.2. The van der Waals surface area contributed by atoms with Gasteiger partial charge in [0.2, 0.25) is 0 Å². The fourth-order valence-corrected chi connectivity index (χ4v) is 9.21. The summed E-state index contributed by atoms with van der Waals surface area (Å²) in [6.07, 6.45) is 9.90. The molecule has 0 radical (unpaired) electrons. The first-order valence-corrected chi connectivity index (χ1v) is 19.3. The number of allylic oxidation sites excluding steroid dienone is 2. The summed E-state index contributed by atoms with van der Waals surface area (Å²) in [6.45, 7) is 0. The van der Waals surface area contributed by atoms with Crippen LogP contribution in [-0.4, -0.2) is 6.04 Å². The van der Waals surface area contributed by atoms with Crippen LogP contribution < -0.4 is 4.90 Å². The van der Waals surface area contributed by atoms with E-state index in [1.54, 1.807) is 0 Å². The molecule has 0 saturated carbocycles. The van der Waals surface area contributed by atoms with Gasteiger partial charge in [-0.1, -0.05) is 158 Å². The van der Waals surface area contributed by atoms with Crippen molar-refractivity contribution in [1.29, 1.82) is 0 Å². The Kier molecular flexibility index (Phi) is 7.38. The molecule has 0 aromatic heterocycles. The molecular weight excluding hydrogens is 663 g/mol. The number of para-hydroxylation sites is 1. The van der Waals surface area contributed by atoms with Crippen molar-refractivity contribution in [1.82, 2.24) is 0 Å². The maximum atomic E-state index is 2.51. The molecule has 0 saturated heterocycles. The zero-order valence-corrected chi connectivity index (χ0v) is 30.4. The maximum Gasteiger partial charge on any atom is 0.0559 e. The van der Waals surface area contributed by atoms with E-state index in [1.165, 1.54) is 98.3 Å². The van der Waals surface area contributed by atoms with E-state index in [-0.39, 0.29) is 6.04 Å². The molecule has 10 aromatic carbocycles. The van der Waals surface area contributed by atoms with Gasteiger partial charge in [-0.05, 0) is 142 Å². The standard InChI is InChI=1S/C54H37N/c1-5-17-36(18-6-1)53-44-27-15-16-28-45(44)54(37-19-7-2-8-20-37)52-35-50-47-32-39-22-14-13-21-38(39)31-46(47)48-33-42(29-30-43(48)49(50)34-51(52)53)55(40-23-9-3-10-24-40)41-25-11-4-12-26-41/h1-25,27-35,41H,26H2. The normalized spacial score (nSPS) is 14.1. The van der Waals surface area contributed by atoms with Crippen molar-refractivity contribution in [3.8, 4) is 22.3 Å². The van der Waals surface area contributed by atoms with Gasteiger partial charge < -0.3 is 4.90 Å². The Morgan fingerprint density at radius 1 is 0.345 bits per heavy atom. The van der Waals surface area contributed by atoms with Gasteiger partial charge in [0.15, 0.2) is 0 Å². The summed E-state index contributed by atoms with van der Waals surface area (Å²) >= 11 is 0. The van der Waals surface area contributed by atoms with Gasteiger partial charge in [-0.15, -0.1) is 0 Å². The average molecular weight is 700 g/mol. The molecule has 0 aliphatic heterocycles. The number of fused-ring (bicyclic) bond motifs is 9. The molecule has 11 rings (SSSR count). The minimum atomic E-state index is 0.222. The van der Waals surface area contributed by atoms with Crippen LogP contribution in [0.4, 0.5) is 11.4 Å². The minimum Gasteiger partial charge on any atom is -0.334 e. The number of hydrogen-bond donors (Lipinski definition) is 0. The zero-order valence-electron chi connectivity index (χ0n) is 30.4. The van der Waals surface area contributed by atoms with Gasteiger partial charge in [0.1, 0.15) is 0 Å². The van der Waals surface area contributed by atoms with Gasteiger partial charge >= 0.3 is 0 Å². The summed E-state index contributed by atoms with van der Waals surface area (Å²) in [5.41, 5.74) is 7.42. The second kappa shape index (κ2) is 12.9. The lowest BCUT2D eigenvalue weighted by Crippen LogP contribution is -2.29. The number of rotatable bonds is 5. The monoisotopic (exact) mass is 699 g/mol. The van der Waals surface area contributed by atoms with Crippen molar-refractivity contribution >= 4 is 76.0 Å². The van der Waals surface area contributed by atoms with Crippen molar-refractivity contribution < 1.29 is 0 Å². The number of hydrogen-bond acceptors (Lipinski definition) is 1. The predicted octanol–water partition coefficient (Wildman–Crippen LogP) is 15.0. The van der Waals surface area contributed by atoms with E-state index in [1.807, 2.05) is 0 Å². The molecule has 0 heterocycles. The maximum absolute atomic E-state index is 2.51. The third-order valence-electron chi connectivity index (χ3n) is 11.6. The van der Waals surface area contributed by atoms with Crippen LogP contribution in [0.2, 0.25) is 0 Å². The van der Waals surface area contributed by atoms with E-state index in [0.717, 1.165) is 6.42 Å². The second-order valence-corrected chi connectivity index (χ2v) is 14.8. The van der Waals surface area contributed by atoms with Crippen molar-refractivity contribution in [2.75, 3.05) is 4.90 Å². The van der Waals surface area contributed by atoms with Crippen molar-refractivity contribution in [2.24, 2.45) is 0 Å². The van der Waals surface area contributed by atoms with Crippen molar-refractivity contribution in [3.63, 3.8) is 0 Å². The van der Waals surface area contributed by atoms with Crippen LogP contribution in [0.1, 0.15) is 6.42 Å². The second-order valence-electron chi connectivity index (χ2n) is 14.8. The fourth-order valence-electron chi connectivity index (χ4n) is 9.21. The van der Waals surface area contributed by atoms with Gasteiger partial charge in [0.25, 0.3) is 0 Å². The Morgan fingerprint density at radius 3 is 1.40 bits per heavy atom. The topological polar surface area (TPSA) is 3.24 Å². The van der Waals surface area contributed by atoms with Crippen LogP contribution in [-0.2, 0) is 0 Å². The van der Waals surface area contributed by atoms with Gasteiger partial charge in [-0.25, -0.2) is 0 Å². The molecular formula is C54H37N. The van der Waals surface area contributed by atoms with E-state index in [2.05, 4.69) is 211 Å². The Balaban J connectivity index is 1.31. The predicted molar refractivity (Wildman–Crippen MR) is 238 cm³/mol. The molecule has 258 valence electrons. The average Bonchev–Trinajstić information content (AvgIpc) is 3.26. The van der Waals surface area contributed by atoms with Crippen molar-refractivity contribution in [2.45, 2.75) is 12.5 Å². The van der Waals surface area contributed by atoms with Crippen LogP contribution in [0, 0.1) is 0 Å². The zero-order chi connectivity index (χ0) is 36.3. The van der Waals surface area contributed by atoms with Crippen LogP contribution in [0.25, 0.3) is 86.9 Å². The third-order valence-corrected chi connectivity index (χ3v) is 11.6. The number of nitrogens with zero attached hydrogens (tertiary/aromatic N) is 1. The summed E-state index contributed by atoms with van der Waals surface area (Å²) in [6, 6.07) is 67.8. The van der Waals surface area contributed by atoms with Gasteiger partial charge in [0, 0.05) is 11.4 Å². The Bertz CT molecular complexity index is 3160. The highest BCUT2D eigenvalue weighted by Crippen LogP contribution is 2.48.